The standard InChI is InChI=1S/C14H17N3O3S/c1-8(2)16-11(18)7-15-13(19)12-9(3)21-14(17-12)10-5-4-6-20-10/h4-6,8H,7H2,1-3H3,(H,15,19)(H,16,18). The van der Waals surface area contributed by atoms with Crippen LogP contribution >= 0.6 is 11.3 Å². The van der Waals surface area contributed by atoms with E-state index < -0.39 is 0 Å². The molecule has 21 heavy (non-hydrogen) atoms. The number of carbonyl (C=O) groups excluding carboxylic acids is 2. The Labute approximate surface area is 126 Å². The second kappa shape index (κ2) is 6.53. The van der Waals surface area contributed by atoms with Crippen molar-refractivity contribution < 1.29 is 14.0 Å². The molecule has 0 fully saturated rings. The minimum Gasteiger partial charge on any atom is -0.462 e. The van der Waals surface area contributed by atoms with E-state index in [2.05, 4.69) is 15.6 Å². The van der Waals surface area contributed by atoms with Gasteiger partial charge in [-0.3, -0.25) is 9.59 Å². The van der Waals surface area contributed by atoms with Crippen molar-refractivity contribution in [1.82, 2.24) is 15.6 Å². The van der Waals surface area contributed by atoms with Crippen molar-refractivity contribution in [2.45, 2.75) is 26.8 Å². The molecule has 2 rings (SSSR count). The molecule has 0 saturated heterocycles. The van der Waals surface area contributed by atoms with Gasteiger partial charge in [-0.1, -0.05) is 0 Å². The van der Waals surface area contributed by atoms with Crippen molar-refractivity contribution >= 4 is 23.2 Å². The summed E-state index contributed by atoms with van der Waals surface area (Å²) in [4.78, 5) is 28.6. The maximum absolute atomic E-state index is 12.1. The second-order valence-corrected chi connectivity index (χ2v) is 6.01. The zero-order valence-corrected chi connectivity index (χ0v) is 12.9. The van der Waals surface area contributed by atoms with Crippen LogP contribution in [0, 0.1) is 6.92 Å². The fraction of sp³-hybridized carbons (Fsp3) is 0.357. The molecule has 0 aliphatic heterocycles. The number of hydrogen-bond acceptors (Lipinski definition) is 5. The first-order valence-corrected chi connectivity index (χ1v) is 7.38. The van der Waals surface area contributed by atoms with Gasteiger partial charge in [-0.25, -0.2) is 4.98 Å². The Kier molecular flexibility index (Phi) is 4.74. The van der Waals surface area contributed by atoms with Crippen molar-refractivity contribution in [2.24, 2.45) is 0 Å². The molecule has 2 heterocycles. The third-order valence-corrected chi connectivity index (χ3v) is 3.59. The molecule has 0 bridgehead atoms. The van der Waals surface area contributed by atoms with Gasteiger partial charge in [0.05, 0.1) is 12.8 Å². The van der Waals surface area contributed by atoms with Crippen LogP contribution in [-0.2, 0) is 4.79 Å². The lowest BCUT2D eigenvalue weighted by Crippen LogP contribution is -2.40. The number of nitrogens with one attached hydrogen (secondary N) is 2. The van der Waals surface area contributed by atoms with Crippen molar-refractivity contribution in [3.05, 3.63) is 29.0 Å². The van der Waals surface area contributed by atoms with Crippen LogP contribution in [0.2, 0.25) is 0 Å². The van der Waals surface area contributed by atoms with E-state index in [9.17, 15) is 9.59 Å². The Bertz CT molecular complexity index is 632. The van der Waals surface area contributed by atoms with Crippen LogP contribution in [0.25, 0.3) is 10.8 Å². The first-order chi connectivity index (χ1) is 9.97. The van der Waals surface area contributed by atoms with Crippen LogP contribution in [0.1, 0.15) is 29.2 Å². The van der Waals surface area contributed by atoms with Crippen LogP contribution in [0.5, 0.6) is 0 Å². The Balaban J connectivity index is 2.01. The molecule has 2 aromatic heterocycles. The number of furan rings is 1. The van der Waals surface area contributed by atoms with Crippen LogP contribution in [0.15, 0.2) is 22.8 Å². The Hall–Kier alpha value is -2.15. The largest absolute Gasteiger partial charge is 0.462 e. The minimum atomic E-state index is -0.361. The summed E-state index contributed by atoms with van der Waals surface area (Å²) in [6, 6.07) is 3.60. The third kappa shape index (κ3) is 3.91. The molecule has 7 heteroatoms. The highest BCUT2D eigenvalue weighted by Crippen LogP contribution is 2.27. The molecule has 2 amide bonds. The SMILES string of the molecule is Cc1sc(-c2ccco2)nc1C(=O)NCC(=O)NC(C)C. The molecule has 2 N–H and O–H groups in total. The van der Waals surface area contributed by atoms with Crippen LogP contribution in [-0.4, -0.2) is 29.4 Å². The molecule has 0 aliphatic carbocycles. The summed E-state index contributed by atoms with van der Waals surface area (Å²) < 4.78 is 5.26. The summed E-state index contributed by atoms with van der Waals surface area (Å²) in [5, 5.41) is 5.92. The quantitative estimate of drug-likeness (QED) is 0.884. The van der Waals surface area contributed by atoms with E-state index in [1.807, 2.05) is 20.8 Å². The van der Waals surface area contributed by atoms with Crippen molar-refractivity contribution in [1.29, 1.82) is 0 Å². The molecule has 0 aliphatic rings. The van der Waals surface area contributed by atoms with Crippen LogP contribution in [0.3, 0.4) is 0 Å². The smallest absolute Gasteiger partial charge is 0.271 e. The van der Waals surface area contributed by atoms with E-state index in [1.165, 1.54) is 11.3 Å². The maximum Gasteiger partial charge on any atom is 0.271 e. The molecular formula is C14H17N3O3S. The van der Waals surface area contributed by atoms with E-state index in [-0.39, 0.29) is 24.4 Å². The lowest BCUT2D eigenvalue weighted by Gasteiger charge is -2.08. The fourth-order valence-electron chi connectivity index (χ4n) is 1.73. The van der Waals surface area contributed by atoms with Gasteiger partial charge in [-0.05, 0) is 32.9 Å². The summed E-state index contributed by atoms with van der Waals surface area (Å²) in [5.74, 6) is 0.0395. The van der Waals surface area contributed by atoms with Gasteiger partial charge in [0.1, 0.15) is 5.69 Å². The monoisotopic (exact) mass is 307 g/mol. The van der Waals surface area contributed by atoms with E-state index in [4.69, 9.17) is 4.42 Å². The summed E-state index contributed by atoms with van der Waals surface area (Å²) >= 11 is 1.38. The lowest BCUT2D eigenvalue weighted by molar-refractivity contribution is -0.120. The van der Waals surface area contributed by atoms with Gasteiger partial charge in [-0.2, -0.15) is 0 Å². The molecule has 0 spiro atoms. The highest BCUT2D eigenvalue weighted by molar-refractivity contribution is 7.15. The zero-order valence-electron chi connectivity index (χ0n) is 12.1. The Morgan fingerprint density at radius 3 is 2.81 bits per heavy atom. The lowest BCUT2D eigenvalue weighted by atomic mass is 10.3. The van der Waals surface area contributed by atoms with E-state index in [0.717, 1.165) is 4.88 Å². The Morgan fingerprint density at radius 1 is 1.43 bits per heavy atom. The first-order valence-electron chi connectivity index (χ1n) is 6.56. The number of amides is 2. The van der Waals surface area contributed by atoms with Gasteiger partial charge in [0.25, 0.3) is 5.91 Å². The number of nitrogens with zero attached hydrogens (tertiary/aromatic N) is 1. The molecule has 6 nitrogen and oxygen atoms in total. The van der Waals surface area contributed by atoms with E-state index in [1.54, 1.807) is 18.4 Å². The highest BCUT2D eigenvalue weighted by Gasteiger charge is 2.18. The fourth-order valence-corrected chi connectivity index (χ4v) is 2.61. The van der Waals surface area contributed by atoms with Crippen molar-refractivity contribution in [2.75, 3.05) is 6.54 Å². The number of thiazole rings is 1. The molecule has 0 unspecified atom stereocenters. The predicted octanol–water partition coefficient (Wildman–Crippen LogP) is 1.97. The number of hydrogen-bond donors (Lipinski definition) is 2. The topological polar surface area (TPSA) is 84.2 Å². The summed E-state index contributed by atoms with van der Waals surface area (Å²) in [6.07, 6.45) is 1.56. The first kappa shape index (κ1) is 15.2. The zero-order chi connectivity index (χ0) is 15.4. The third-order valence-electron chi connectivity index (χ3n) is 2.60. The van der Waals surface area contributed by atoms with E-state index in [0.29, 0.717) is 16.5 Å². The summed E-state index contributed by atoms with van der Waals surface area (Å²) in [7, 11) is 0. The van der Waals surface area contributed by atoms with Gasteiger partial charge in [-0.15, -0.1) is 11.3 Å². The molecule has 2 aromatic rings. The van der Waals surface area contributed by atoms with Gasteiger partial charge in [0.15, 0.2) is 10.8 Å². The van der Waals surface area contributed by atoms with Gasteiger partial charge < -0.3 is 15.1 Å². The second-order valence-electron chi connectivity index (χ2n) is 4.81. The number of aromatic nitrogens is 1. The highest BCUT2D eigenvalue weighted by atomic mass is 32.1. The molecule has 0 saturated carbocycles. The van der Waals surface area contributed by atoms with E-state index >= 15 is 0 Å². The minimum absolute atomic E-state index is 0.0426. The summed E-state index contributed by atoms with van der Waals surface area (Å²) in [5.41, 5.74) is 0.323. The van der Waals surface area contributed by atoms with Crippen LogP contribution in [0.4, 0.5) is 0 Å². The molecular weight excluding hydrogens is 290 g/mol. The molecule has 0 radical (unpaired) electrons. The number of carbonyl (C=O) groups is 2. The summed E-state index contributed by atoms with van der Waals surface area (Å²) in [6.45, 7) is 5.47. The van der Waals surface area contributed by atoms with Gasteiger partial charge in [0.2, 0.25) is 5.91 Å². The molecule has 112 valence electrons. The van der Waals surface area contributed by atoms with Gasteiger partial charge >= 0.3 is 0 Å². The Morgan fingerprint density at radius 2 is 2.19 bits per heavy atom. The van der Waals surface area contributed by atoms with Crippen molar-refractivity contribution in [3.63, 3.8) is 0 Å². The normalized spacial score (nSPS) is 10.7. The van der Waals surface area contributed by atoms with Crippen LogP contribution < -0.4 is 10.6 Å². The van der Waals surface area contributed by atoms with Crippen molar-refractivity contribution in [3.8, 4) is 10.8 Å². The maximum atomic E-state index is 12.1. The van der Waals surface area contributed by atoms with Gasteiger partial charge in [0, 0.05) is 10.9 Å². The molecule has 0 atom stereocenters. The number of rotatable bonds is 5. The predicted molar refractivity (Wildman–Crippen MR) is 80.2 cm³/mol. The number of aryl methyl sites for hydroxylation is 1. The average molecular weight is 307 g/mol. The average Bonchev–Trinajstić information content (AvgIpc) is 3.04. The molecule has 0 aromatic carbocycles.